The molecule has 1 heterocycles. The molecule has 1 fully saturated rings. The van der Waals surface area contributed by atoms with Gasteiger partial charge in [0.1, 0.15) is 5.75 Å². The van der Waals surface area contributed by atoms with Gasteiger partial charge >= 0.3 is 5.97 Å². The summed E-state index contributed by atoms with van der Waals surface area (Å²) in [7, 11) is 0. The molecule has 0 bridgehead atoms. The van der Waals surface area contributed by atoms with E-state index >= 15 is 0 Å². The van der Waals surface area contributed by atoms with Crippen molar-refractivity contribution < 1.29 is 24.2 Å². The standard InChI is InChI=1S/C13H14BrNO5/c14-9-1-3-10(4-2-9)20-8-12(16)15-5-6-19-7-11(15)13(17)18/h1-4,11H,5-8H2,(H,17,18)/t11-/m1/s1. The second kappa shape index (κ2) is 6.71. The fourth-order valence-corrected chi connectivity index (χ4v) is 2.13. The van der Waals surface area contributed by atoms with Crippen molar-refractivity contribution in [3.8, 4) is 5.75 Å². The van der Waals surface area contributed by atoms with E-state index in [-0.39, 0.29) is 25.7 Å². The molecule has 1 amide bonds. The Hall–Kier alpha value is -1.60. The van der Waals surface area contributed by atoms with Crippen molar-refractivity contribution >= 4 is 27.8 Å². The number of nitrogens with zero attached hydrogens (tertiary/aromatic N) is 1. The average Bonchev–Trinajstić information content (AvgIpc) is 2.46. The summed E-state index contributed by atoms with van der Waals surface area (Å²) in [5.41, 5.74) is 0. The van der Waals surface area contributed by atoms with E-state index in [1.807, 2.05) is 0 Å². The molecule has 0 unspecified atom stereocenters. The van der Waals surface area contributed by atoms with Gasteiger partial charge in [-0.3, -0.25) is 4.79 Å². The van der Waals surface area contributed by atoms with Crippen LogP contribution >= 0.6 is 15.9 Å². The van der Waals surface area contributed by atoms with E-state index in [1.54, 1.807) is 24.3 Å². The SMILES string of the molecule is O=C(O)[C@H]1COCCN1C(=O)COc1ccc(Br)cc1. The Bertz CT molecular complexity index is 490. The fraction of sp³-hybridized carbons (Fsp3) is 0.385. The zero-order valence-electron chi connectivity index (χ0n) is 10.6. The van der Waals surface area contributed by atoms with E-state index in [2.05, 4.69) is 15.9 Å². The van der Waals surface area contributed by atoms with Crippen LogP contribution in [0, 0.1) is 0 Å². The summed E-state index contributed by atoms with van der Waals surface area (Å²) in [6, 6.07) is 6.12. The largest absolute Gasteiger partial charge is 0.484 e. The van der Waals surface area contributed by atoms with Crippen molar-refractivity contribution in [3.05, 3.63) is 28.7 Å². The molecule has 6 nitrogen and oxygen atoms in total. The fourth-order valence-electron chi connectivity index (χ4n) is 1.87. The molecule has 0 aromatic heterocycles. The molecule has 20 heavy (non-hydrogen) atoms. The number of carboxylic acids is 1. The lowest BCUT2D eigenvalue weighted by Crippen LogP contribution is -2.53. The Kier molecular flexibility index (Phi) is 4.97. The van der Waals surface area contributed by atoms with E-state index in [0.717, 1.165) is 4.47 Å². The predicted molar refractivity (Wildman–Crippen MR) is 73.6 cm³/mol. The highest BCUT2D eigenvalue weighted by atomic mass is 79.9. The molecule has 108 valence electrons. The van der Waals surface area contributed by atoms with Crippen LogP contribution < -0.4 is 4.74 Å². The van der Waals surface area contributed by atoms with Crippen molar-refractivity contribution in [3.63, 3.8) is 0 Å². The molecule has 2 rings (SSSR count). The molecule has 0 radical (unpaired) electrons. The van der Waals surface area contributed by atoms with E-state index in [1.165, 1.54) is 4.90 Å². The normalized spacial score (nSPS) is 18.6. The van der Waals surface area contributed by atoms with Crippen molar-refractivity contribution in [1.82, 2.24) is 4.90 Å². The molecule has 1 aliphatic rings. The summed E-state index contributed by atoms with van der Waals surface area (Å²) in [4.78, 5) is 24.4. The van der Waals surface area contributed by atoms with Crippen LogP contribution in [0.1, 0.15) is 0 Å². The number of carboxylic acid groups (broad SMARTS) is 1. The van der Waals surface area contributed by atoms with Gasteiger partial charge in [-0.05, 0) is 24.3 Å². The molecule has 7 heteroatoms. The van der Waals surface area contributed by atoms with Crippen LogP contribution in [-0.2, 0) is 14.3 Å². The molecule has 1 aliphatic heterocycles. The number of benzene rings is 1. The van der Waals surface area contributed by atoms with Crippen molar-refractivity contribution in [1.29, 1.82) is 0 Å². The minimum atomic E-state index is -1.07. The number of aliphatic carboxylic acids is 1. The van der Waals surface area contributed by atoms with E-state index in [4.69, 9.17) is 14.6 Å². The van der Waals surface area contributed by atoms with E-state index < -0.39 is 12.0 Å². The Morgan fingerprint density at radius 3 is 2.75 bits per heavy atom. The van der Waals surface area contributed by atoms with Gasteiger partial charge in [0.15, 0.2) is 12.6 Å². The topological polar surface area (TPSA) is 76.1 Å². The van der Waals surface area contributed by atoms with Gasteiger partial charge in [0.05, 0.1) is 13.2 Å². The molecule has 0 spiro atoms. The first-order valence-electron chi connectivity index (χ1n) is 6.06. The summed E-state index contributed by atoms with van der Waals surface area (Å²) in [5.74, 6) is -0.869. The minimum Gasteiger partial charge on any atom is -0.484 e. The van der Waals surface area contributed by atoms with Gasteiger partial charge in [-0.25, -0.2) is 4.79 Å². The highest BCUT2D eigenvalue weighted by molar-refractivity contribution is 9.10. The second-order valence-electron chi connectivity index (χ2n) is 4.26. The van der Waals surface area contributed by atoms with Crippen LogP contribution in [0.5, 0.6) is 5.75 Å². The van der Waals surface area contributed by atoms with Gasteiger partial charge in [-0.1, -0.05) is 15.9 Å². The molecule has 1 N–H and O–H groups in total. The molecular weight excluding hydrogens is 330 g/mol. The molecule has 1 aromatic carbocycles. The molecule has 0 aliphatic carbocycles. The van der Waals surface area contributed by atoms with Gasteiger partial charge in [0.2, 0.25) is 0 Å². The zero-order valence-corrected chi connectivity index (χ0v) is 12.2. The summed E-state index contributed by atoms with van der Waals surface area (Å²) in [5, 5.41) is 9.05. The third kappa shape index (κ3) is 3.71. The first-order valence-corrected chi connectivity index (χ1v) is 6.85. The maximum Gasteiger partial charge on any atom is 0.328 e. The Morgan fingerprint density at radius 1 is 1.40 bits per heavy atom. The van der Waals surface area contributed by atoms with Crippen LogP contribution in [0.4, 0.5) is 0 Å². The summed E-state index contributed by atoms with van der Waals surface area (Å²) >= 11 is 3.30. The smallest absolute Gasteiger partial charge is 0.328 e. The first kappa shape index (κ1) is 14.8. The lowest BCUT2D eigenvalue weighted by Gasteiger charge is -2.32. The van der Waals surface area contributed by atoms with Gasteiger partial charge in [0.25, 0.3) is 5.91 Å². The van der Waals surface area contributed by atoms with Crippen LogP contribution in [0.15, 0.2) is 28.7 Å². The predicted octanol–water partition coefficient (Wildman–Crippen LogP) is 1.14. The van der Waals surface area contributed by atoms with Crippen LogP contribution in [-0.4, -0.2) is 54.3 Å². The lowest BCUT2D eigenvalue weighted by molar-refractivity contribution is -0.159. The number of amides is 1. The number of carbonyl (C=O) groups is 2. The number of hydrogen-bond acceptors (Lipinski definition) is 4. The highest BCUT2D eigenvalue weighted by Gasteiger charge is 2.32. The van der Waals surface area contributed by atoms with Gasteiger partial charge in [0, 0.05) is 11.0 Å². The lowest BCUT2D eigenvalue weighted by atomic mass is 10.2. The number of halogens is 1. The molecule has 1 aromatic rings. The first-order chi connectivity index (χ1) is 9.58. The Balaban J connectivity index is 1.93. The summed E-state index contributed by atoms with van der Waals surface area (Å²) in [6.45, 7) is 0.429. The second-order valence-corrected chi connectivity index (χ2v) is 5.17. The number of hydrogen-bond donors (Lipinski definition) is 1. The quantitative estimate of drug-likeness (QED) is 0.887. The number of rotatable bonds is 4. The third-order valence-corrected chi connectivity index (χ3v) is 3.44. The van der Waals surface area contributed by atoms with E-state index in [9.17, 15) is 9.59 Å². The maximum absolute atomic E-state index is 12.0. The van der Waals surface area contributed by atoms with Crippen LogP contribution in [0.2, 0.25) is 0 Å². The van der Waals surface area contributed by atoms with E-state index in [0.29, 0.717) is 12.4 Å². The highest BCUT2D eigenvalue weighted by Crippen LogP contribution is 2.16. The molecule has 1 atom stereocenters. The monoisotopic (exact) mass is 343 g/mol. The Labute approximate surface area is 124 Å². The van der Waals surface area contributed by atoms with Crippen LogP contribution in [0.25, 0.3) is 0 Å². The maximum atomic E-state index is 12.0. The van der Waals surface area contributed by atoms with Gasteiger partial charge < -0.3 is 19.5 Å². The molecular formula is C13H14BrNO5. The summed E-state index contributed by atoms with van der Waals surface area (Å²) in [6.07, 6.45) is 0. The zero-order chi connectivity index (χ0) is 14.5. The molecule has 0 saturated carbocycles. The van der Waals surface area contributed by atoms with Gasteiger partial charge in [-0.2, -0.15) is 0 Å². The number of morpholine rings is 1. The van der Waals surface area contributed by atoms with Crippen molar-refractivity contribution in [2.45, 2.75) is 6.04 Å². The Morgan fingerprint density at radius 2 is 2.10 bits per heavy atom. The number of carbonyl (C=O) groups excluding carboxylic acids is 1. The summed E-state index contributed by atoms with van der Waals surface area (Å²) < 4.78 is 11.3. The minimum absolute atomic E-state index is 0.0133. The number of ether oxygens (including phenoxy) is 2. The van der Waals surface area contributed by atoms with Gasteiger partial charge in [-0.15, -0.1) is 0 Å². The average molecular weight is 344 g/mol. The van der Waals surface area contributed by atoms with Crippen molar-refractivity contribution in [2.24, 2.45) is 0 Å². The van der Waals surface area contributed by atoms with Crippen LogP contribution in [0.3, 0.4) is 0 Å². The third-order valence-electron chi connectivity index (χ3n) is 2.91. The molecule has 1 saturated heterocycles. The van der Waals surface area contributed by atoms with Crippen molar-refractivity contribution in [2.75, 3.05) is 26.4 Å².